The molecule has 0 unspecified atom stereocenters. The third-order valence-corrected chi connectivity index (χ3v) is 5.69. The Morgan fingerprint density at radius 1 is 0.833 bits per heavy atom. The summed E-state index contributed by atoms with van der Waals surface area (Å²) >= 11 is 0. The van der Waals surface area contributed by atoms with Gasteiger partial charge in [0.05, 0.1) is 17.4 Å². The number of fused-ring (bicyclic) bond motifs is 1. The van der Waals surface area contributed by atoms with E-state index in [2.05, 4.69) is 0 Å². The molecule has 0 aromatic heterocycles. The van der Waals surface area contributed by atoms with Crippen LogP contribution in [0.4, 0.5) is 15.8 Å². The average Bonchev–Trinajstić information content (AvgIpc) is 3.26. The standard InChI is InChI=1S/C24H19FN2O3/c1-15-7-5-6-10-19(15)27-21(16-8-3-2-4-9-16)20-22(30-27)24(29)26(23(20)28)18-13-11-17(25)12-14-18/h2-14,20-22H,1H3/t20-,21-,22-/m1/s1. The first-order chi connectivity index (χ1) is 14.6. The maximum Gasteiger partial charge on any atom is 0.266 e. The van der Waals surface area contributed by atoms with E-state index < -0.39 is 29.8 Å². The number of amides is 2. The van der Waals surface area contributed by atoms with Gasteiger partial charge < -0.3 is 0 Å². The summed E-state index contributed by atoms with van der Waals surface area (Å²) in [6.07, 6.45) is -0.938. The normalized spacial score (nSPS) is 23.2. The summed E-state index contributed by atoms with van der Waals surface area (Å²) in [5, 5.41) is 1.69. The first-order valence-electron chi connectivity index (χ1n) is 9.76. The van der Waals surface area contributed by atoms with Gasteiger partial charge in [-0.3, -0.25) is 14.4 Å². The number of imide groups is 1. The van der Waals surface area contributed by atoms with E-state index in [9.17, 15) is 14.0 Å². The second-order valence-corrected chi connectivity index (χ2v) is 7.51. The molecule has 6 heteroatoms. The molecule has 0 N–H and O–H groups in total. The third kappa shape index (κ3) is 2.80. The number of halogens is 1. The van der Waals surface area contributed by atoms with Crippen LogP contribution in [-0.4, -0.2) is 17.9 Å². The van der Waals surface area contributed by atoms with E-state index in [-0.39, 0.29) is 5.91 Å². The van der Waals surface area contributed by atoms with E-state index in [0.717, 1.165) is 21.7 Å². The summed E-state index contributed by atoms with van der Waals surface area (Å²) in [5.41, 5.74) is 3.03. The van der Waals surface area contributed by atoms with Gasteiger partial charge in [0, 0.05) is 0 Å². The Bertz CT molecular complexity index is 1120. The smallest absolute Gasteiger partial charge is 0.266 e. The lowest BCUT2D eigenvalue weighted by Gasteiger charge is -2.29. The van der Waals surface area contributed by atoms with Crippen molar-refractivity contribution in [3.8, 4) is 0 Å². The molecule has 5 nitrogen and oxygen atoms in total. The van der Waals surface area contributed by atoms with Gasteiger partial charge in [-0.1, -0.05) is 48.5 Å². The summed E-state index contributed by atoms with van der Waals surface area (Å²) < 4.78 is 13.3. The van der Waals surface area contributed by atoms with E-state index >= 15 is 0 Å². The number of hydroxylamine groups is 1. The monoisotopic (exact) mass is 402 g/mol. The highest BCUT2D eigenvalue weighted by Gasteiger charge is 2.60. The van der Waals surface area contributed by atoms with Gasteiger partial charge in [0.1, 0.15) is 11.7 Å². The van der Waals surface area contributed by atoms with Crippen molar-refractivity contribution >= 4 is 23.2 Å². The lowest BCUT2D eigenvalue weighted by Crippen LogP contribution is -2.37. The van der Waals surface area contributed by atoms with Crippen LogP contribution in [0, 0.1) is 18.7 Å². The van der Waals surface area contributed by atoms with Gasteiger partial charge in [-0.25, -0.2) is 14.4 Å². The van der Waals surface area contributed by atoms with Crippen molar-refractivity contribution in [2.75, 3.05) is 9.96 Å². The Labute approximate surface area is 173 Å². The molecule has 0 radical (unpaired) electrons. The molecule has 2 aliphatic heterocycles. The topological polar surface area (TPSA) is 49.9 Å². The van der Waals surface area contributed by atoms with Crippen LogP contribution < -0.4 is 9.96 Å². The molecule has 0 aliphatic carbocycles. The number of carbonyl (C=O) groups excluding carboxylic acids is 2. The van der Waals surface area contributed by atoms with Gasteiger partial charge in [0.15, 0.2) is 6.10 Å². The summed E-state index contributed by atoms with van der Waals surface area (Å²) in [6, 6.07) is 22.2. The number of para-hydroxylation sites is 1. The number of anilines is 2. The van der Waals surface area contributed by atoms with Crippen LogP contribution in [0.3, 0.4) is 0 Å². The Kier molecular flexibility index (Phi) is 4.37. The molecule has 2 aliphatic rings. The fourth-order valence-corrected chi connectivity index (χ4v) is 4.27. The molecule has 2 fully saturated rings. The van der Waals surface area contributed by atoms with Crippen molar-refractivity contribution in [3.63, 3.8) is 0 Å². The zero-order valence-corrected chi connectivity index (χ0v) is 16.2. The first-order valence-corrected chi connectivity index (χ1v) is 9.76. The van der Waals surface area contributed by atoms with Crippen molar-refractivity contribution in [2.24, 2.45) is 5.92 Å². The lowest BCUT2D eigenvalue weighted by molar-refractivity contribution is -0.126. The van der Waals surface area contributed by atoms with E-state index in [1.807, 2.05) is 61.5 Å². The van der Waals surface area contributed by atoms with Crippen molar-refractivity contribution in [3.05, 3.63) is 95.8 Å². The molecule has 2 heterocycles. The molecule has 3 aromatic rings. The van der Waals surface area contributed by atoms with Gasteiger partial charge in [0.25, 0.3) is 5.91 Å². The Morgan fingerprint density at radius 3 is 2.20 bits per heavy atom. The average molecular weight is 402 g/mol. The number of aryl methyl sites for hydroxylation is 1. The second-order valence-electron chi connectivity index (χ2n) is 7.51. The lowest BCUT2D eigenvalue weighted by atomic mass is 9.90. The Hall–Kier alpha value is -3.51. The van der Waals surface area contributed by atoms with E-state index in [4.69, 9.17) is 4.84 Å². The molecule has 2 saturated heterocycles. The molecule has 5 rings (SSSR count). The maximum atomic E-state index is 13.4. The molecular formula is C24H19FN2O3. The SMILES string of the molecule is Cc1ccccc1N1O[C@H]2C(=O)N(c3ccc(F)cc3)C(=O)[C@@H]2[C@H]1c1ccccc1. The van der Waals surface area contributed by atoms with Crippen LogP contribution in [0.15, 0.2) is 78.9 Å². The van der Waals surface area contributed by atoms with Crippen LogP contribution in [0.25, 0.3) is 0 Å². The summed E-state index contributed by atoms with van der Waals surface area (Å²) in [5.74, 6) is -1.91. The van der Waals surface area contributed by atoms with Gasteiger partial charge in [-0.15, -0.1) is 0 Å². The molecule has 2 amide bonds. The van der Waals surface area contributed by atoms with Crippen molar-refractivity contribution < 1.29 is 18.8 Å². The van der Waals surface area contributed by atoms with Gasteiger partial charge in [0.2, 0.25) is 5.91 Å². The van der Waals surface area contributed by atoms with E-state index in [0.29, 0.717) is 5.69 Å². The van der Waals surface area contributed by atoms with Crippen LogP contribution in [0.1, 0.15) is 17.2 Å². The van der Waals surface area contributed by atoms with Gasteiger partial charge in [-0.2, -0.15) is 0 Å². The molecule has 30 heavy (non-hydrogen) atoms. The van der Waals surface area contributed by atoms with Crippen molar-refractivity contribution in [1.29, 1.82) is 0 Å². The molecule has 0 bridgehead atoms. The molecule has 0 spiro atoms. The van der Waals surface area contributed by atoms with E-state index in [1.165, 1.54) is 24.3 Å². The Balaban J connectivity index is 1.59. The largest absolute Gasteiger partial charge is 0.273 e. The summed E-state index contributed by atoms with van der Waals surface area (Å²) in [7, 11) is 0. The fraction of sp³-hybridized carbons (Fsp3) is 0.167. The van der Waals surface area contributed by atoms with Crippen LogP contribution in [0.2, 0.25) is 0 Å². The minimum absolute atomic E-state index is 0.346. The highest BCUT2D eigenvalue weighted by atomic mass is 19.1. The third-order valence-electron chi connectivity index (χ3n) is 5.69. The van der Waals surface area contributed by atoms with Gasteiger partial charge in [-0.05, 0) is 48.4 Å². The molecule has 3 atom stereocenters. The van der Waals surface area contributed by atoms with Crippen molar-refractivity contribution in [2.45, 2.75) is 19.1 Å². The number of hydrogen-bond donors (Lipinski definition) is 0. The number of carbonyl (C=O) groups is 2. The highest BCUT2D eigenvalue weighted by molar-refractivity contribution is 6.23. The van der Waals surface area contributed by atoms with Gasteiger partial charge >= 0.3 is 0 Å². The highest BCUT2D eigenvalue weighted by Crippen LogP contribution is 2.48. The van der Waals surface area contributed by atoms with Crippen LogP contribution in [0.5, 0.6) is 0 Å². The predicted octanol–water partition coefficient (Wildman–Crippen LogP) is 4.19. The Morgan fingerprint density at radius 2 is 1.50 bits per heavy atom. The number of benzene rings is 3. The zero-order valence-electron chi connectivity index (χ0n) is 16.2. The molecule has 3 aromatic carbocycles. The van der Waals surface area contributed by atoms with Crippen LogP contribution >= 0.6 is 0 Å². The van der Waals surface area contributed by atoms with Crippen molar-refractivity contribution in [1.82, 2.24) is 0 Å². The summed E-state index contributed by atoms with van der Waals surface area (Å²) in [4.78, 5) is 33.8. The molecule has 150 valence electrons. The second kappa shape index (κ2) is 7.07. The summed E-state index contributed by atoms with van der Waals surface area (Å²) in [6.45, 7) is 1.96. The molecular weight excluding hydrogens is 383 g/mol. The predicted molar refractivity (Wildman–Crippen MR) is 110 cm³/mol. The minimum atomic E-state index is -0.938. The first kappa shape index (κ1) is 18.5. The quantitative estimate of drug-likeness (QED) is 0.617. The minimum Gasteiger partial charge on any atom is -0.273 e. The zero-order chi connectivity index (χ0) is 20.8. The number of rotatable bonds is 3. The van der Waals surface area contributed by atoms with Crippen LogP contribution in [-0.2, 0) is 14.4 Å². The fourth-order valence-electron chi connectivity index (χ4n) is 4.27. The molecule has 0 saturated carbocycles. The maximum absolute atomic E-state index is 13.4. The van der Waals surface area contributed by atoms with E-state index in [1.54, 1.807) is 5.06 Å². The number of nitrogens with zero attached hydrogens (tertiary/aromatic N) is 2. The number of hydrogen-bond acceptors (Lipinski definition) is 4.